The van der Waals surface area contributed by atoms with Crippen molar-refractivity contribution in [2.75, 3.05) is 36.2 Å². The molecular formula is C55H46N4O11. The lowest BCUT2D eigenvalue weighted by Gasteiger charge is -2.14. The third kappa shape index (κ3) is 12.5. The van der Waals surface area contributed by atoms with Crippen molar-refractivity contribution in [2.45, 2.75) is 20.8 Å². The third-order valence-electron chi connectivity index (χ3n) is 10.7. The smallest absolute Gasteiger partial charge is 0.339 e. The van der Waals surface area contributed by atoms with E-state index in [0.717, 1.165) is 5.56 Å². The van der Waals surface area contributed by atoms with E-state index < -0.39 is 54.4 Å². The van der Waals surface area contributed by atoms with Gasteiger partial charge in [-0.05, 0) is 152 Å². The summed E-state index contributed by atoms with van der Waals surface area (Å²) in [6.07, 6.45) is 0. The molecule has 4 amide bonds. The number of ether oxygens (including phenoxy) is 2. The summed E-state index contributed by atoms with van der Waals surface area (Å²) in [5.41, 5.74) is 4.12. The molecule has 0 atom stereocenters. The predicted octanol–water partition coefficient (Wildman–Crippen LogP) is 8.61. The minimum Gasteiger partial charge on any atom is -0.454 e. The van der Waals surface area contributed by atoms with Crippen molar-refractivity contribution in [3.05, 3.63) is 208 Å². The van der Waals surface area contributed by atoms with Gasteiger partial charge in [0, 0.05) is 46.4 Å². The molecule has 0 radical (unpaired) electrons. The first kappa shape index (κ1) is 50.1. The fraction of sp³-hybridized carbons (Fsp3) is 0.109. The summed E-state index contributed by atoms with van der Waals surface area (Å²) >= 11 is 0. The van der Waals surface area contributed by atoms with Crippen molar-refractivity contribution in [2.24, 2.45) is 0 Å². The molecule has 0 saturated heterocycles. The molecular weight excluding hydrogens is 893 g/mol. The molecule has 0 aliphatic heterocycles. The van der Waals surface area contributed by atoms with Gasteiger partial charge in [0.15, 0.2) is 30.6 Å². The van der Waals surface area contributed by atoms with E-state index in [0.29, 0.717) is 39.2 Å². The van der Waals surface area contributed by atoms with Crippen molar-refractivity contribution >= 4 is 70.0 Å². The molecule has 15 heteroatoms. The second kappa shape index (κ2) is 22.4. The molecule has 4 N–H and O–H groups in total. The lowest BCUT2D eigenvalue weighted by molar-refractivity contribution is -0.119. The van der Waals surface area contributed by atoms with Crippen LogP contribution in [0.25, 0.3) is 11.1 Å². The summed E-state index contributed by atoms with van der Waals surface area (Å²) in [5.74, 6) is -5.40. The molecule has 6 rings (SSSR count). The van der Waals surface area contributed by atoms with Gasteiger partial charge >= 0.3 is 11.9 Å². The standard InChI is InChI=1S/C55H46N4O11/c1-31(2)47(60)29-69-54(67)43-25-17-38(27-45(43)52(65)56-6)39-18-26-44(55(68)70-30-48(61)32(3)4)46(28-39)53(66)59-42-23-15-37(16-24-42)51(64)58-41-21-13-35(14-22-41)49(62)34-11-19-40(20-12-34)57-50(63)36-9-7-33(5)8-10-36/h7-28H,1,3,29-30H2,2,4-6H3,(H,56,65)(H,57,63)(H,58,64)(H,59,66). The molecule has 0 unspecified atom stereocenters. The van der Waals surface area contributed by atoms with Gasteiger partial charge in [0.1, 0.15) is 0 Å². The highest BCUT2D eigenvalue weighted by Crippen LogP contribution is 2.28. The van der Waals surface area contributed by atoms with Crippen molar-refractivity contribution in [3.63, 3.8) is 0 Å². The summed E-state index contributed by atoms with van der Waals surface area (Å²) in [7, 11) is 1.36. The van der Waals surface area contributed by atoms with E-state index in [9.17, 15) is 43.2 Å². The first-order valence-electron chi connectivity index (χ1n) is 21.5. The third-order valence-corrected chi connectivity index (χ3v) is 10.7. The molecule has 0 aromatic heterocycles. The van der Waals surface area contributed by atoms with Gasteiger partial charge in [-0.3, -0.25) is 33.6 Å². The Kier molecular flexibility index (Phi) is 16.0. The Morgan fingerprint density at radius 2 is 0.771 bits per heavy atom. The van der Waals surface area contributed by atoms with Gasteiger partial charge in [-0.15, -0.1) is 0 Å². The van der Waals surface area contributed by atoms with E-state index >= 15 is 0 Å². The van der Waals surface area contributed by atoms with Crippen molar-refractivity contribution in [1.82, 2.24) is 5.32 Å². The van der Waals surface area contributed by atoms with Crippen LogP contribution in [0, 0.1) is 6.92 Å². The average molecular weight is 939 g/mol. The fourth-order valence-corrected chi connectivity index (χ4v) is 6.57. The van der Waals surface area contributed by atoms with Gasteiger partial charge in [0.2, 0.25) is 0 Å². The van der Waals surface area contributed by atoms with Gasteiger partial charge in [-0.25, -0.2) is 9.59 Å². The summed E-state index contributed by atoms with van der Waals surface area (Å²) in [6, 6.07) is 34.2. The average Bonchev–Trinajstić information content (AvgIpc) is 3.36. The molecule has 0 aliphatic carbocycles. The highest BCUT2D eigenvalue weighted by Gasteiger charge is 2.24. The van der Waals surface area contributed by atoms with Gasteiger partial charge in [-0.1, -0.05) is 43.0 Å². The molecule has 0 aliphatic rings. The molecule has 0 saturated carbocycles. The lowest BCUT2D eigenvalue weighted by atomic mass is 9.95. The topological polar surface area (TPSA) is 220 Å². The van der Waals surface area contributed by atoms with Crippen LogP contribution in [-0.4, -0.2) is 73.2 Å². The number of amides is 4. The maximum atomic E-state index is 14.0. The molecule has 0 bridgehead atoms. The Balaban J connectivity index is 1.15. The number of hydrogen-bond donors (Lipinski definition) is 4. The maximum Gasteiger partial charge on any atom is 0.339 e. The zero-order valence-electron chi connectivity index (χ0n) is 38.5. The second-order valence-electron chi connectivity index (χ2n) is 15.9. The van der Waals surface area contributed by atoms with Gasteiger partial charge < -0.3 is 30.7 Å². The lowest BCUT2D eigenvalue weighted by Crippen LogP contribution is -2.23. The summed E-state index contributed by atoms with van der Waals surface area (Å²) in [6.45, 7) is 10.7. The van der Waals surface area contributed by atoms with Crippen LogP contribution in [0.1, 0.15) is 97.5 Å². The largest absolute Gasteiger partial charge is 0.454 e. The number of benzene rings is 6. The number of anilines is 3. The maximum absolute atomic E-state index is 14.0. The fourth-order valence-electron chi connectivity index (χ4n) is 6.57. The first-order valence-corrected chi connectivity index (χ1v) is 21.5. The SMILES string of the molecule is C=C(C)C(=O)COC(=O)c1ccc(-c2ccc(C(=O)OCC(=O)C(=C)C)c(C(=O)Nc3ccc(C(=O)Nc4ccc(C(=O)c5ccc(NC(=O)c6ccc(C)cc6)cc5)cc4)cc3)c2)cc1C(=O)NC. The number of rotatable bonds is 18. The van der Waals surface area contributed by atoms with Crippen LogP contribution in [0.2, 0.25) is 0 Å². The summed E-state index contributed by atoms with van der Waals surface area (Å²) in [5, 5.41) is 10.8. The van der Waals surface area contributed by atoms with E-state index in [-0.39, 0.29) is 56.3 Å². The van der Waals surface area contributed by atoms with E-state index in [2.05, 4.69) is 34.4 Å². The van der Waals surface area contributed by atoms with Gasteiger partial charge in [0.25, 0.3) is 23.6 Å². The number of nitrogens with one attached hydrogen (secondary N) is 4. The van der Waals surface area contributed by atoms with E-state index in [1.807, 2.05) is 19.1 Å². The minimum absolute atomic E-state index is 0.0989. The van der Waals surface area contributed by atoms with Crippen LogP contribution in [0.3, 0.4) is 0 Å². The summed E-state index contributed by atoms with van der Waals surface area (Å²) in [4.78, 5) is 117. The van der Waals surface area contributed by atoms with E-state index in [1.165, 1.54) is 81.6 Å². The Morgan fingerprint density at radius 3 is 1.14 bits per heavy atom. The zero-order chi connectivity index (χ0) is 50.6. The minimum atomic E-state index is -0.987. The van der Waals surface area contributed by atoms with E-state index in [4.69, 9.17) is 9.47 Å². The molecule has 352 valence electrons. The van der Waals surface area contributed by atoms with Crippen molar-refractivity contribution in [1.29, 1.82) is 0 Å². The van der Waals surface area contributed by atoms with Gasteiger partial charge in [-0.2, -0.15) is 0 Å². The molecule has 0 spiro atoms. The molecule has 70 heavy (non-hydrogen) atoms. The van der Waals surface area contributed by atoms with Crippen LogP contribution in [0.15, 0.2) is 158 Å². The molecule has 0 fully saturated rings. The highest BCUT2D eigenvalue weighted by molar-refractivity contribution is 6.14. The van der Waals surface area contributed by atoms with Gasteiger partial charge in [0.05, 0.1) is 22.3 Å². The second-order valence-corrected chi connectivity index (χ2v) is 15.9. The number of aryl methyl sites for hydroxylation is 1. The quantitative estimate of drug-likeness (QED) is 0.0363. The van der Waals surface area contributed by atoms with Crippen molar-refractivity contribution in [3.8, 4) is 11.1 Å². The monoisotopic (exact) mass is 938 g/mol. The number of carbonyl (C=O) groups is 9. The summed E-state index contributed by atoms with van der Waals surface area (Å²) < 4.78 is 10.3. The van der Waals surface area contributed by atoms with Crippen LogP contribution in [0.5, 0.6) is 0 Å². The predicted molar refractivity (Wildman–Crippen MR) is 263 cm³/mol. The number of carbonyl (C=O) groups excluding carboxylic acids is 9. The molecule has 6 aromatic rings. The molecule has 15 nitrogen and oxygen atoms in total. The van der Waals surface area contributed by atoms with E-state index in [1.54, 1.807) is 60.7 Å². The Labute approximate surface area is 402 Å². The number of esters is 2. The Morgan fingerprint density at radius 1 is 0.429 bits per heavy atom. The Hall–Kier alpha value is -9.37. The number of ketones is 3. The van der Waals surface area contributed by atoms with Crippen LogP contribution in [-0.2, 0) is 19.1 Å². The zero-order valence-corrected chi connectivity index (χ0v) is 38.5. The first-order chi connectivity index (χ1) is 33.4. The van der Waals surface area contributed by atoms with Crippen LogP contribution < -0.4 is 21.3 Å². The van der Waals surface area contributed by atoms with Crippen LogP contribution >= 0.6 is 0 Å². The number of hydrogen-bond acceptors (Lipinski definition) is 11. The molecule has 6 aromatic carbocycles. The normalized spacial score (nSPS) is 10.5. The number of Topliss-reactive ketones (excluding diaryl/α,β-unsaturated/α-hetero) is 2. The Bertz CT molecular complexity index is 3100. The highest BCUT2D eigenvalue weighted by atomic mass is 16.5. The van der Waals surface area contributed by atoms with Crippen LogP contribution in [0.4, 0.5) is 17.1 Å². The molecule has 0 heterocycles. The van der Waals surface area contributed by atoms with Crippen molar-refractivity contribution < 1.29 is 52.6 Å².